The van der Waals surface area contributed by atoms with Crippen molar-refractivity contribution in [3.8, 4) is 34.1 Å². The van der Waals surface area contributed by atoms with Crippen LogP contribution >= 0.6 is 0 Å². The number of likely N-dealkylation sites (tertiary alicyclic amines) is 1. The lowest BCUT2D eigenvalue weighted by Crippen LogP contribution is -2.35. The molecule has 0 spiro atoms. The van der Waals surface area contributed by atoms with Gasteiger partial charge in [-0.1, -0.05) is 12.1 Å². The van der Waals surface area contributed by atoms with Crippen LogP contribution in [0, 0.1) is 0 Å². The molecule has 3 aromatic rings. The van der Waals surface area contributed by atoms with Crippen LogP contribution in [0.3, 0.4) is 0 Å². The normalized spacial score (nSPS) is 16.9. The number of hydrogen-bond donors (Lipinski definition) is 0. The summed E-state index contributed by atoms with van der Waals surface area (Å²) in [5.41, 5.74) is 4.95. The van der Waals surface area contributed by atoms with E-state index in [1.165, 1.54) is 59.1 Å². The van der Waals surface area contributed by atoms with E-state index in [9.17, 15) is 0 Å². The second-order valence-corrected chi connectivity index (χ2v) is 8.72. The topological polar surface area (TPSA) is 43.4 Å². The molecule has 0 aromatic heterocycles. The van der Waals surface area contributed by atoms with Crippen molar-refractivity contribution in [3.05, 3.63) is 42.0 Å². The standard InChI is InChI=1S/C26H28N2O4/c1-29-22-12-18-15-28(10-9-27-7-3-4-8-27)26-19(20(18)13-23(22)30-2)6-5-17-11-24-25(14-21(17)26)32-16-31-24/h5-6,11-14H,3-4,7-10,15-16H2,1-2H3. The minimum absolute atomic E-state index is 0.284. The van der Waals surface area contributed by atoms with Gasteiger partial charge in [-0.3, -0.25) is 0 Å². The highest BCUT2D eigenvalue weighted by Crippen LogP contribution is 2.48. The van der Waals surface area contributed by atoms with Gasteiger partial charge in [0.2, 0.25) is 6.79 Å². The second kappa shape index (κ2) is 7.78. The Kier molecular flexibility index (Phi) is 4.76. The second-order valence-electron chi connectivity index (χ2n) is 8.72. The summed E-state index contributed by atoms with van der Waals surface area (Å²) in [5, 5.41) is 2.37. The molecule has 0 saturated carbocycles. The van der Waals surface area contributed by atoms with Crippen LogP contribution in [0.5, 0.6) is 23.0 Å². The third-order valence-corrected chi connectivity index (χ3v) is 6.95. The monoisotopic (exact) mass is 432 g/mol. The van der Waals surface area contributed by atoms with Gasteiger partial charge >= 0.3 is 0 Å². The number of ether oxygens (including phenoxy) is 4. The minimum atomic E-state index is 0.284. The molecule has 166 valence electrons. The van der Waals surface area contributed by atoms with Crippen LogP contribution in [0.1, 0.15) is 18.4 Å². The summed E-state index contributed by atoms with van der Waals surface area (Å²) < 4.78 is 22.6. The van der Waals surface area contributed by atoms with E-state index >= 15 is 0 Å². The number of anilines is 1. The minimum Gasteiger partial charge on any atom is -0.493 e. The third kappa shape index (κ3) is 3.13. The molecule has 0 aliphatic carbocycles. The van der Waals surface area contributed by atoms with E-state index in [0.717, 1.165) is 42.6 Å². The lowest BCUT2D eigenvalue weighted by molar-refractivity contribution is 0.174. The number of methoxy groups -OCH3 is 2. The van der Waals surface area contributed by atoms with Crippen LogP contribution in [0.4, 0.5) is 5.69 Å². The molecule has 0 radical (unpaired) electrons. The Hall–Kier alpha value is -3.12. The van der Waals surface area contributed by atoms with Crippen molar-refractivity contribution in [2.45, 2.75) is 19.4 Å². The van der Waals surface area contributed by atoms with E-state index in [2.05, 4.69) is 46.2 Å². The van der Waals surface area contributed by atoms with Gasteiger partial charge in [0.25, 0.3) is 0 Å². The summed E-state index contributed by atoms with van der Waals surface area (Å²) in [4.78, 5) is 5.09. The molecule has 0 unspecified atom stereocenters. The van der Waals surface area contributed by atoms with Gasteiger partial charge in [-0.05, 0) is 66.7 Å². The molecule has 3 aromatic carbocycles. The molecule has 6 rings (SSSR count). The number of fused-ring (bicyclic) bond motifs is 6. The van der Waals surface area contributed by atoms with Gasteiger partial charge in [0, 0.05) is 30.6 Å². The molecule has 6 heteroatoms. The quantitative estimate of drug-likeness (QED) is 0.584. The van der Waals surface area contributed by atoms with Crippen molar-refractivity contribution in [1.29, 1.82) is 0 Å². The van der Waals surface area contributed by atoms with Crippen LogP contribution < -0.4 is 23.8 Å². The van der Waals surface area contributed by atoms with Gasteiger partial charge in [0.05, 0.1) is 19.9 Å². The largest absolute Gasteiger partial charge is 0.493 e. The van der Waals surface area contributed by atoms with Crippen molar-refractivity contribution in [2.24, 2.45) is 0 Å². The fourth-order valence-electron chi connectivity index (χ4n) is 5.30. The third-order valence-electron chi connectivity index (χ3n) is 6.95. The van der Waals surface area contributed by atoms with Gasteiger partial charge in [0.1, 0.15) is 0 Å². The molecule has 3 aliphatic heterocycles. The Morgan fingerprint density at radius 3 is 2.38 bits per heavy atom. The molecule has 3 heterocycles. The fourth-order valence-corrected chi connectivity index (χ4v) is 5.30. The molecular weight excluding hydrogens is 404 g/mol. The molecule has 3 aliphatic rings. The van der Waals surface area contributed by atoms with Gasteiger partial charge in [-0.15, -0.1) is 0 Å². The van der Waals surface area contributed by atoms with Crippen molar-refractivity contribution in [2.75, 3.05) is 52.1 Å². The Balaban J connectivity index is 1.51. The van der Waals surface area contributed by atoms with Crippen molar-refractivity contribution < 1.29 is 18.9 Å². The Labute approximate surface area is 188 Å². The summed E-state index contributed by atoms with van der Waals surface area (Å²) in [6.45, 7) is 5.58. The highest BCUT2D eigenvalue weighted by molar-refractivity contribution is 6.05. The molecule has 32 heavy (non-hydrogen) atoms. The molecule has 0 amide bonds. The molecule has 0 N–H and O–H groups in total. The van der Waals surface area contributed by atoms with E-state index in [0.29, 0.717) is 0 Å². The molecular formula is C26H28N2O4. The summed E-state index contributed by atoms with van der Waals surface area (Å²) >= 11 is 0. The van der Waals surface area contributed by atoms with Gasteiger partial charge < -0.3 is 28.7 Å². The first-order chi connectivity index (χ1) is 15.7. The Morgan fingerprint density at radius 1 is 0.844 bits per heavy atom. The molecule has 1 fully saturated rings. The zero-order valence-corrected chi connectivity index (χ0v) is 18.6. The van der Waals surface area contributed by atoms with Crippen LogP contribution in [-0.4, -0.2) is 52.1 Å². The van der Waals surface area contributed by atoms with Crippen molar-refractivity contribution >= 4 is 16.5 Å². The zero-order chi connectivity index (χ0) is 21.7. The number of rotatable bonds is 5. The van der Waals surface area contributed by atoms with E-state index in [-0.39, 0.29) is 6.79 Å². The first-order valence-corrected chi connectivity index (χ1v) is 11.3. The van der Waals surface area contributed by atoms with Crippen LogP contribution in [0.15, 0.2) is 36.4 Å². The highest BCUT2D eigenvalue weighted by atomic mass is 16.7. The van der Waals surface area contributed by atoms with Gasteiger partial charge in [-0.2, -0.15) is 0 Å². The van der Waals surface area contributed by atoms with E-state index in [1.807, 2.05) is 0 Å². The van der Waals surface area contributed by atoms with Gasteiger partial charge in [0.15, 0.2) is 23.0 Å². The first-order valence-electron chi connectivity index (χ1n) is 11.3. The average molecular weight is 433 g/mol. The lowest BCUT2D eigenvalue weighted by Gasteiger charge is -2.35. The molecule has 1 saturated heterocycles. The van der Waals surface area contributed by atoms with E-state index in [1.54, 1.807) is 14.2 Å². The summed E-state index contributed by atoms with van der Waals surface area (Å²) in [6.07, 6.45) is 2.62. The summed E-state index contributed by atoms with van der Waals surface area (Å²) in [5.74, 6) is 3.18. The van der Waals surface area contributed by atoms with Gasteiger partial charge in [-0.25, -0.2) is 0 Å². The van der Waals surface area contributed by atoms with Crippen molar-refractivity contribution in [1.82, 2.24) is 4.90 Å². The lowest BCUT2D eigenvalue weighted by atomic mass is 9.89. The Morgan fingerprint density at radius 2 is 1.59 bits per heavy atom. The number of nitrogens with zero attached hydrogens (tertiary/aromatic N) is 2. The van der Waals surface area contributed by atoms with Crippen molar-refractivity contribution in [3.63, 3.8) is 0 Å². The summed E-state index contributed by atoms with van der Waals surface area (Å²) in [7, 11) is 3.39. The van der Waals surface area contributed by atoms with Crippen LogP contribution in [0.2, 0.25) is 0 Å². The molecule has 0 bridgehead atoms. The maximum Gasteiger partial charge on any atom is 0.231 e. The smallest absolute Gasteiger partial charge is 0.231 e. The Bertz CT molecular complexity index is 1190. The zero-order valence-electron chi connectivity index (χ0n) is 18.6. The highest BCUT2D eigenvalue weighted by Gasteiger charge is 2.28. The average Bonchev–Trinajstić information content (AvgIpc) is 3.51. The van der Waals surface area contributed by atoms with E-state index < -0.39 is 0 Å². The maximum absolute atomic E-state index is 5.72. The maximum atomic E-state index is 5.72. The summed E-state index contributed by atoms with van der Waals surface area (Å²) in [6, 6.07) is 12.9. The first kappa shape index (κ1) is 19.6. The SMILES string of the molecule is COc1cc2c(cc1OC)-c1ccc3cc4c(cc3c1N(CCN1CCCC1)C2)OCO4. The molecule has 6 nitrogen and oxygen atoms in total. The van der Waals surface area contributed by atoms with Crippen LogP contribution in [-0.2, 0) is 6.54 Å². The predicted molar refractivity (Wildman–Crippen MR) is 125 cm³/mol. The fraction of sp³-hybridized carbons (Fsp3) is 0.385. The van der Waals surface area contributed by atoms with E-state index in [4.69, 9.17) is 18.9 Å². The number of benzene rings is 3. The molecule has 0 atom stereocenters. The van der Waals surface area contributed by atoms with Crippen LogP contribution in [0.25, 0.3) is 21.9 Å². The number of hydrogen-bond acceptors (Lipinski definition) is 6. The predicted octanol–water partition coefficient (Wildman–Crippen LogP) is 4.67.